The maximum Gasteiger partial charge on any atom is 0.263 e. The van der Waals surface area contributed by atoms with Crippen molar-refractivity contribution in [1.82, 2.24) is 0 Å². The molecule has 1 aromatic heterocycles. The van der Waals surface area contributed by atoms with Gasteiger partial charge < -0.3 is 5.11 Å². The van der Waals surface area contributed by atoms with Gasteiger partial charge in [0.25, 0.3) is 10.0 Å². The number of thiophene rings is 1. The van der Waals surface area contributed by atoms with Crippen LogP contribution in [0.5, 0.6) is 5.75 Å². The number of aromatic hydroxyl groups is 1. The molecule has 0 saturated carbocycles. The first-order chi connectivity index (χ1) is 8.40. The highest BCUT2D eigenvalue weighted by atomic mass is 32.2. The van der Waals surface area contributed by atoms with Crippen LogP contribution in [0.1, 0.15) is 9.75 Å². The third-order valence-corrected chi connectivity index (χ3v) is 5.02. The Kier molecular flexibility index (Phi) is 3.32. The van der Waals surface area contributed by atoms with E-state index in [0.29, 0.717) is 0 Å². The molecule has 2 N–H and O–H groups in total. The number of benzene rings is 1. The van der Waals surface area contributed by atoms with Crippen LogP contribution in [0.15, 0.2) is 35.2 Å². The molecule has 1 heterocycles. The normalized spacial score (nSPS) is 11.4. The molecule has 0 aliphatic rings. The maximum atomic E-state index is 12.2. The monoisotopic (exact) mass is 283 g/mol. The largest absolute Gasteiger partial charge is 0.506 e. The summed E-state index contributed by atoms with van der Waals surface area (Å²) >= 11 is 1.43. The van der Waals surface area contributed by atoms with E-state index < -0.39 is 10.0 Å². The Morgan fingerprint density at radius 1 is 1.22 bits per heavy atom. The summed E-state index contributed by atoms with van der Waals surface area (Å²) in [5, 5.41) is 9.57. The van der Waals surface area contributed by atoms with Gasteiger partial charge in [-0.15, -0.1) is 11.3 Å². The summed E-state index contributed by atoms with van der Waals surface area (Å²) in [6.45, 7) is 3.62. The van der Waals surface area contributed by atoms with Gasteiger partial charge in [0.1, 0.15) is 10.6 Å². The molecular weight excluding hydrogens is 270 g/mol. The average Bonchev–Trinajstić information content (AvgIpc) is 2.62. The van der Waals surface area contributed by atoms with Crippen molar-refractivity contribution < 1.29 is 13.5 Å². The number of para-hydroxylation sites is 2. The lowest BCUT2D eigenvalue weighted by Gasteiger charge is -2.08. The highest BCUT2D eigenvalue weighted by Gasteiger charge is 2.20. The van der Waals surface area contributed by atoms with Crippen molar-refractivity contribution in [2.24, 2.45) is 0 Å². The molecule has 96 valence electrons. The fraction of sp³-hybridized carbons (Fsp3) is 0.167. The molecule has 0 aliphatic carbocycles. The van der Waals surface area contributed by atoms with Gasteiger partial charge in [-0.3, -0.25) is 4.72 Å². The molecule has 1 aromatic carbocycles. The minimum Gasteiger partial charge on any atom is -0.506 e. The van der Waals surface area contributed by atoms with E-state index in [1.54, 1.807) is 25.1 Å². The Labute approximate surface area is 110 Å². The van der Waals surface area contributed by atoms with Gasteiger partial charge in [-0.05, 0) is 32.0 Å². The Morgan fingerprint density at radius 2 is 1.89 bits per heavy atom. The summed E-state index contributed by atoms with van der Waals surface area (Å²) in [6.07, 6.45) is 0. The number of hydrogen-bond donors (Lipinski definition) is 2. The predicted octanol–water partition coefficient (Wildman–Crippen LogP) is 2.87. The van der Waals surface area contributed by atoms with Gasteiger partial charge in [0, 0.05) is 9.75 Å². The third kappa shape index (κ3) is 2.49. The quantitative estimate of drug-likeness (QED) is 0.851. The Bertz CT molecular complexity index is 674. The lowest BCUT2D eigenvalue weighted by atomic mass is 10.3. The van der Waals surface area contributed by atoms with Crippen molar-refractivity contribution in [2.45, 2.75) is 18.7 Å². The summed E-state index contributed by atoms with van der Waals surface area (Å²) < 4.78 is 26.7. The van der Waals surface area contributed by atoms with Crippen molar-refractivity contribution in [1.29, 1.82) is 0 Å². The Hall–Kier alpha value is -1.53. The van der Waals surface area contributed by atoms with E-state index in [9.17, 15) is 13.5 Å². The van der Waals surface area contributed by atoms with E-state index in [2.05, 4.69) is 4.72 Å². The zero-order valence-corrected chi connectivity index (χ0v) is 11.6. The highest BCUT2D eigenvalue weighted by Crippen LogP contribution is 2.29. The second-order valence-electron chi connectivity index (χ2n) is 3.90. The first kappa shape index (κ1) is 12.9. The van der Waals surface area contributed by atoms with Gasteiger partial charge >= 0.3 is 0 Å². The maximum absolute atomic E-state index is 12.2. The number of phenolic OH excluding ortho intramolecular Hbond substituents is 1. The zero-order chi connectivity index (χ0) is 13.3. The van der Waals surface area contributed by atoms with E-state index in [-0.39, 0.29) is 16.3 Å². The van der Waals surface area contributed by atoms with Gasteiger partial charge in [0.05, 0.1) is 5.69 Å². The van der Waals surface area contributed by atoms with Crippen LogP contribution < -0.4 is 4.72 Å². The number of nitrogens with one attached hydrogen (secondary N) is 1. The molecule has 6 heteroatoms. The first-order valence-electron chi connectivity index (χ1n) is 5.28. The fourth-order valence-corrected chi connectivity index (χ4v) is 4.26. The third-order valence-electron chi connectivity index (χ3n) is 2.43. The molecular formula is C12H13NO3S2. The van der Waals surface area contributed by atoms with Crippen LogP contribution in [0.4, 0.5) is 5.69 Å². The molecule has 0 fully saturated rings. The van der Waals surface area contributed by atoms with Gasteiger partial charge in [-0.25, -0.2) is 8.42 Å². The smallest absolute Gasteiger partial charge is 0.263 e. The summed E-state index contributed by atoms with van der Waals surface area (Å²) in [4.78, 5) is 1.92. The highest BCUT2D eigenvalue weighted by molar-refractivity contribution is 7.93. The lowest BCUT2D eigenvalue weighted by molar-refractivity contribution is 0.477. The van der Waals surface area contributed by atoms with Crippen LogP contribution in [-0.2, 0) is 10.0 Å². The van der Waals surface area contributed by atoms with Gasteiger partial charge in [0.15, 0.2) is 0 Å². The molecule has 0 bridgehead atoms. The van der Waals surface area contributed by atoms with Crippen LogP contribution >= 0.6 is 11.3 Å². The molecule has 18 heavy (non-hydrogen) atoms. The second-order valence-corrected chi connectivity index (χ2v) is 7.01. The second kappa shape index (κ2) is 4.62. The summed E-state index contributed by atoms with van der Waals surface area (Å²) in [6, 6.07) is 7.86. The van der Waals surface area contributed by atoms with E-state index in [0.717, 1.165) is 9.75 Å². The fourth-order valence-electron chi connectivity index (χ4n) is 1.63. The number of anilines is 1. The molecule has 0 aliphatic heterocycles. The van der Waals surface area contributed by atoms with Crippen molar-refractivity contribution >= 4 is 27.0 Å². The van der Waals surface area contributed by atoms with Crippen LogP contribution in [0, 0.1) is 13.8 Å². The molecule has 0 atom stereocenters. The minimum atomic E-state index is -3.65. The van der Waals surface area contributed by atoms with Gasteiger partial charge in [-0.2, -0.15) is 0 Å². The molecule has 4 nitrogen and oxygen atoms in total. The molecule has 0 unspecified atom stereocenters. The van der Waals surface area contributed by atoms with Crippen molar-refractivity contribution in [3.05, 3.63) is 40.1 Å². The number of rotatable bonds is 3. The van der Waals surface area contributed by atoms with Crippen LogP contribution in [0.25, 0.3) is 0 Å². The average molecular weight is 283 g/mol. The van der Waals surface area contributed by atoms with E-state index in [4.69, 9.17) is 0 Å². The summed E-state index contributed by atoms with van der Waals surface area (Å²) in [5.41, 5.74) is 0.181. The predicted molar refractivity (Wildman–Crippen MR) is 72.7 cm³/mol. The molecule has 0 saturated heterocycles. The van der Waals surface area contributed by atoms with Crippen molar-refractivity contribution in [3.8, 4) is 5.75 Å². The van der Waals surface area contributed by atoms with Crippen LogP contribution in [-0.4, -0.2) is 13.5 Å². The lowest BCUT2D eigenvalue weighted by Crippen LogP contribution is -2.13. The summed E-state index contributed by atoms with van der Waals surface area (Å²) in [5.74, 6) is -0.0920. The Balaban J connectivity index is 2.40. The van der Waals surface area contributed by atoms with E-state index >= 15 is 0 Å². The van der Waals surface area contributed by atoms with E-state index in [1.165, 1.54) is 23.5 Å². The van der Waals surface area contributed by atoms with Crippen LogP contribution in [0.2, 0.25) is 0 Å². The van der Waals surface area contributed by atoms with Crippen LogP contribution in [0.3, 0.4) is 0 Å². The number of phenols is 1. The van der Waals surface area contributed by atoms with Crippen molar-refractivity contribution in [3.63, 3.8) is 0 Å². The number of sulfonamides is 1. The molecule has 0 amide bonds. The first-order valence-corrected chi connectivity index (χ1v) is 7.58. The van der Waals surface area contributed by atoms with Crippen molar-refractivity contribution in [2.75, 3.05) is 4.72 Å². The molecule has 2 rings (SSSR count). The number of hydrogen-bond acceptors (Lipinski definition) is 4. The zero-order valence-electron chi connectivity index (χ0n) is 9.97. The van der Waals surface area contributed by atoms with E-state index in [1.807, 2.05) is 6.92 Å². The molecule has 0 radical (unpaired) electrons. The SMILES string of the molecule is Cc1cc(S(=O)(=O)Nc2ccccc2O)c(C)s1. The van der Waals surface area contributed by atoms with Gasteiger partial charge in [0.2, 0.25) is 0 Å². The molecule has 0 spiro atoms. The Morgan fingerprint density at radius 3 is 2.44 bits per heavy atom. The minimum absolute atomic E-state index is 0.0920. The standard InChI is InChI=1S/C12H13NO3S2/c1-8-7-12(9(2)17-8)18(15,16)13-10-5-3-4-6-11(10)14/h3-7,13-14H,1-2H3. The number of aryl methyl sites for hydroxylation is 2. The topological polar surface area (TPSA) is 66.4 Å². The molecule has 2 aromatic rings. The van der Waals surface area contributed by atoms with Gasteiger partial charge in [-0.1, -0.05) is 12.1 Å². The summed E-state index contributed by atoms with van der Waals surface area (Å²) in [7, 11) is -3.65.